The normalized spacial score (nSPS) is 18.0. The average Bonchev–Trinajstić information content (AvgIpc) is 2.28. The number of aromatic carboxylic acids is 1. The first kappa shape index (κ1) is 15.8. The van der Waals surface area contributed by atoms with Crippen molar-refractivity contribution in [3.05, 3.63) is 27.7 Å². The summed E-state index contributed by atoms with van der Waals surface area (Å²) in [5.41, 5.74) is -0.833. The van der Waals surface area contributed by atoms with E-state index in [2.05, 4.69) is 0 Å². The van der Waals surface area contributed by atoms with Gasteiger partial charge in [-0.2, -0.15) is 0 Å². The first-order chi connectivity index (χ1) is 9.62. The second-order valence-electron chi connectivity index (χ2n) is 5.73. The molecule has 0 aliphatic carbocycles. The Hall–Kier alpha value is -1.59. The number of piperidine rings is 1. The first-order valence-corrected chi connectivity index (χ1v) is 6.96. The van der Waals surface area contributed by atoms with Crippen LogP contribution in [0, 0.1) is 5.41 Å². The van der Waals surface area contributed by atoms with Crippen molar-refractivity contribution in [1.29, 1.82) is 0 Å². The maximum absolute atomic E-state index is 12.3. The number of benzene rings is 1. The SMILES string of the molecule is CC1(C)CC(=O)N(c2c(Cl)cc(Cl)cc2C(=O)O)C(=O)C1. The summed E-state index contributed by atoms with van der Waals surface area (Å²) < 4.78 is 0. The molecule has 0 aromatic heterocycles. The minimum absolute atomic E-state index is 0.0405. The molecule has 1 fully saturated rings. The van der Waals surface area contributed by atoms with Crippen LogP contribution in [0.15, 0.2) is 12.1 Å². The van der Waals surface area contributed by atoms with Gasteiger partial charge in [0, 0.05) is 17.9 Å². The van der Waals surface area contributed by atoms with Gasteiger partial charge in [-0.15, -0.1) is 0 Å². The van der Waals surface area contributed by atoms with Crippen molar-refractivity contribution in [2.45, 2.75) is 26.7 Å². The topological polar surface area (TPSA) is 74.7 Å². The van der Waals surface area contributed by atoms with Gasteiger partial charge in [0.2, 0.25) is 11.8 Å². The quantitative estimate of drug-likeness (QED) is 0.844. The van der Waals surface area contributed by atoms with E-state index in [1.807, 2.05) is 13.8 Å². The van der Waals surface area contributed by atoms with Gasteiger partial charge >= 0.3 is 5.97 Å². The molecule has 21 heavy (non-hydrogen) atoms. The summed E-state index contributed by atoms with van der Waals surface area (Å²) in [7, 11) is 0. The van der Waals surface area contributed by atoms with Crippen LogP contribution >= 0.6 is 23.2 Å². The van der Waals surface area contributed by atoms with Crippen LogP contribution in [0.1, 0.15) is 37.0 Å². The van der Waals surface area contributed by atoms with Crippen LogP contribution in [-0.4, -0.2) is 22.9 Å². The number of hydrogen-bond donors (Lipinski definition) is 1. The Kier molecular flexibility index (Phi) is 4.00. The Bertz CT molecular complexity index is 635. The Morgan fingerprint density at radius 3 is 2.19 bits per heavy atom. The number of carbonyl (C=O) groups excluding carboxylic acids is 2. The molecule has 0 radical (unpaired) electrons. The fraction of sp³-hybridized carbons (Fsp3) is 0.357. The number of anilines is 1. The van der Waals surface area contributed by atoms with Crippen LogP contribution in [-0.2, 0) is 9.59 Å². The molecule has 2 amide bonds. The summed E-state index contributed by atoms with van der Waals surface area (Å²) >= 11 is 11.8. The van der Waals surface area contributed by atoms with Gasteiger partial charge in [-0.3, -0.25) is 9.59 Å². The van der Waals surface area contributed by atoms with Gasteiger partial charge in [-0.05, 0) is 17.5 Å². The molecule has 0 unspecified atom stereocenters. The Balaban J connectivity index is 2.59. The molecule has 0 saturated carbocycles. The molecule has 5 nitrogen and oxygen atoms in total. The van der Waals surface area contributed by atoms with Gasteiger partial charge in [-0.25, -0.2) is 9.69 Å². The van der Waals surface area contributed by atoms with E-state index >= 15 is 0 Å². The van der Waals surface area contributed by atoms with Crippen LogP contribution in [0.3, 0.4) is 0 Å². The van der Waals surface area contributed by atoms with Gasteiger partial charge in [0.25, 0.3) is 0 Å². The third-order valence-corrected chi connectivity index (χ3v) is 3.75. The number of carbonyl (C=O) groups is 3. The van der Waals surface area contributed by atoms with Gasteiger partial charge in [0.1, 0.15) is 0 Å². The lowest BCUT2D eigenvalue weighted by atomic mass is 9.81. The Morgan fingerprint density at radius 1 is 1.19 bits per heavy atom. The zero-order chi connectivity index (χ0) is 15.9. The van der Waals surface area contributed by atoms with Crippen molar-refractivity contribution >= 4 is 46.7 Å². The van der Waals surface area contributed by atoms with Crippen LogP contribution in [0.2, 0.25) is 10.0 Å². The zero-order valence-electron chi connectivity index (χ0n) is 11.4. The lowest BCUT2D eigenvalue weighted by molar-refractivity contribution is -0.132. The van der Waals surface area contributed by atoms with Crippen molar-refractivity contribution in [2.24, 2.45) is 5.41 Å². The van der Waals surface area contributed by atoms with E-state index in [1.165, 1.54) is 12.1 Å². The molecule has 112 valence electrons. The van der Waals surface area contributed by atoms with E-state index in [4.69, 9.17) is 23.2 Å². The molecule has 0 bridgehead atoms. The lowest BCUT2D eigenvalue weighted by Crippen LogP contribution is -2.47. The summed E-state index contributed by atoms with van der Waals surface area (Å²) in [4.78, 5) is 36.7. The van der Waals surface area contributed by atoms with E-state index in [0.717, 1.165) is 4.90 Å². The second kappa shape index (κ2) is 5.31. The number of rotatable bonds is 2. The third-order valence-electron chi connectivity index (χ3n) is 3.24. The maximum Gasteiger partial charge on any atom is 0.337 e. The summed E-state index contributed by atoms with van der Waals surface area (Å²) in [5, 5.41) is 9.34. The summed E-state index contributed by atoms with van der Waals surface area (Å²) in [6, 6.07) is 2.48. The van der Waals surface area contributed by atoms with Crippen LogP contribution in [0.4, 0.5) is 5.69 Å². The number of carboxylic acid groups (broad SMARTS) is 1. The predicted octanol–water partition coefficient (Wildman–Crippen LogP) is 3.37. The highest BCUT2D eigenvalue weighted by Gasteiger charge is 2.40. The molecule has 0 atom stereocenters. The number of imide groups is 1. The molecule has 1 aromatic carbocycles. The molecule has 1 heterocycles. The van der Waals surface area contributed by atoms with E-state index in [9.17, 15) is 19.5 Å². The number of halogens is 2. The summed E-state index contributed by atoms with van der Waals surface area (Å²) in [6.07, 6.45) is 0.271. The highest BCUT2D eigenvalue weighted by atomic mass is 35.5. The molecule has 1 aliphatic rings. The fourth-order valence-electron chi connectivity index (χ4n) is 2.38. The van der Waals surface area contributed by atoms with Crippen molar-refractivity contribution in [3.8, 4) is 0 Å². The molecule has 1 N–H and O–H groups in total. The standard InChI is InChI=1S/C14H13Cl2NO4/c1-14(2)5-10(18)17(11(19)6-14)12-8(13(20)21)3-7(15)4-9(12)16/h3-4H,5-6H2,1-2H3,(H,20,21). The van der Waals surface area contributed by atoms with Crippen LogP contribution in [0.5, 0.6) is 0 Å². The minimum Gasteiger partial charge on any atom is -0.478 e. The highest BCUT2D eigenvalue weighted by molar-refractivity contribution is 6.39. The van der Waals surface area contributed by atoms with E-state index in [-0.39, 0.29) is 34.1 Å². The third kappa shape index (κ3) is 3.04. The molecule has 1 aromatic rings. The van der Waals surface area contributed by atoms with Crippen LogP contribution < -0.4 is 4.90 Å². The number of nitrogens with zero attached hydrogens (tertiary/aromatic N) is 1. The first-order valence-electron chi connectivity index (χ1n) is 6.20. The van der Waals surface area contributed by atoms with Crippen molar-refractivity contribution in [1.82, 2.24) is 0 Å². The smallest absolute Gasteiger partial charge is 0.337 e. The zero-order valence-corrected chi connectivity index (χ0v) is 13.0. The van der Waals surface area contributed by atoms with Crippen molar-refractivity contribution in [2.75, 3.05) is 4.90 Å². The van der Waals surface area contributed by atoms with Gasteiger partial charge < -0.3 is 5.11 Å². The van der Waals surface area contributed by atoms with Crippen LogP contribution in [0.25, 0.3) is 0 Å². The number of amides is 2. The van der Waals surface area contributed by atoms with Gasteiger partial charge in [0.15, 0.2) is 0 Å². The average molecular weight is 330 g/mol. The van der Waals surface area contributed by atoms with Gasteiger partial charge in [-0.1, -0.05) is 37.0 Å². The van der Waals surface area contributed by atoms with Gasteiger partial charge in [0.05, 0.1) is 16.3 Å². The number of carboxylic acids is 1. The largest absolute Gasteiger partial charge is 0.478 e. The molecule has 1 saturated heterocycles. The molecule has 1 aliphatic heterocycles. The summed E-state index contributed by atoms with van der Waals surface area (Å²) in [6.45, 7) is 3.61. The molecule has 2 rings (SSSR count). The molecule has 0 spiro atoms. The Labute approximate surface area is 131 Å². The Morgan fingerprint density at radius 2 is 1.71 bits per heavy atom. The minimum atomic E-state index is -1.31. The summed E-state index contributed by atoms with van der Waals surface area (Å²) in [5.74, 6) is -2.24. The number of hydrogen-bond acceptors (Lipinski definition) is 3. The highest BCUT2D eigenvalue weighted by Crippen LogP contribution is 2.39. The van der Waals surface area contributed by atoms with E-state index in [0.29, 0.717) is 0 Å². The molecular formula is C14H13Cl2NO4. The molecular weight excluding hydrogens is 317 g/mol. The van der Waals surface area contributed by atoms with Crippen molar-refractivity contribution in [3.63, 3.8) is 0 Å². The van der Waals surface area contributed by atoms with E-state index < -0.39 is 23.2 Å². The second-order valence-corrected chi connectivity index (χ2v) is 6.57. The van der Waals surface area contributed by atoms with E-state index in [1.54, 1.807) is 0 Å². The maximum atomic E-state index is 12.3. The predicted molar refractivity (Wildman–Crippen MR) is 78.9 cm³/mol. The fourth-order valence-corrected chi connectivity index (χ4v) is 2.96. The molecule has 7 heteroatoms. The lowest BCUT2D eigenvalue weighted by Gasteiger charge is -2.35. The monoisotopic (exact) mass is 329 g/mol. The van der Waals surface area contributed by atoms with Crippen molar-refractivity contribution < 1.29 is 19.5 Å².